The minimum absolute atomic E-state index is 0.356. The Morgan fingerprint density at radius 3 is 2.80 bits per heavy atom. The number of tetrazole rings is 1. The molecular weight excluding hydrogens is 289 g/mol. The summed E-state index contributed by atoms with van der Waals surface area (Å²) in [4.78, 5) is 0. The number of nitrogens with zero attached hydrogens (tertiary/aromatic N) is 4. The molecule has 1 heterocycles. The van der Waals surface area contributed by atoms with Crippen molar-refractivity contribution in [1.82, 2.24) is 20.2 Å². The van der Waals surface area contributed by atoms with E-state index in [0.717, 1.165) is 25.0 Å². The number of alkyl halides is 3. The average molecular weight is 300 g/mol. The summed E-state index contributed by atoms with van der Waals surface area (Å²) in [6.07, 6.45) is -2.19. The highest BCUT2D eigenvalue weighted by molar-refractivity contribution is 7.98. The van der Waals surface area contributed by atoms with Crippen LogP contribution in [0.2, 0.25) is 0 Å². The Morgan fingerprint density at radius 2 is 2.10 bits per heavy atom. The molecule has 3 rings (SSSR count). The van der Waals surface area contributed by atoms with E-state index in [1.54, 1.807) is 10.7 Å². The summed E-state index contributed by atoms with van der Waals surface area (Å²) < 4.78 is 39.6. The van der Waals surface area contributed by atoms with E-state index in [1.807, 2.05) is 0 Å². The number of hydrogen-bond acceptors (Lipinski definition) is 4. The molecule has 0 radical (unpaired) electrons. The molecule has 4 nitrogen and oxygen atoms in total. The number of halogens is 3. The van der Waals surface area contributed by atoms with Crippen molar-refractivity contribution >= 4 is 11.8 Å². The van der Waals surface area contributed by atoms with Gasteiger partial charge in [-0.3, -0.25) is 0 Å². The van der Waals surface area contributed by atoms with Gasteiger partial charge in [0.05, 0.1) is 11.6 Å². The molecule has 1 aromatic carbocycles. The first-order valence-corrected chi connectivity index (χ1v) is 7.09. The second-order valence-electron chi connectivity index (χ2n) is 4.62. The van der Waals surface area contributed by atoms with Crippen molar-refractivity contribution < 1.29 is 13.2 Å². The summed E-state index contributed by atoms with van der Waals surface area (Å²) in [5.41, 5.74) is -0.0208. The molecule has 0 atom stereocenters. The minimum Gasteiger partial charge on any atom is -0.217 e. The molecule has 0 bridgehead atoms. The third-order valence-electron chi connectivity index (χ3n) is 2.98. The summed E-state index contributed by atoms with van der Waals surface area (Å²) in [6.45, 7) is 0. The number of thioether (sulfide) groups is 1. The van der Waals surface area contributed by atoms with Gasteiger partial charge in [0.1, 0.15) is 0 Å². The predicted octanol–water partition coefficient (Wildman–Crippen LogP) is 3.32. The van der Waals surface area contributed by atoms with Crippen LogP contribution in [-0.4, -0.2) is 20.2 Å². The zero-order valence-electron chi connectivity index (χ0n) is 10.3. The topological polar surface area (TPSA) is 43.6 Å². The van der Waals surface area contributed by atoms with Crippen LogP contribution in [0.4, 0.5) is 13.2 Å². The van der Waals surface area contributed by atoms with Crippen molar-refractivity contribution in [2.24, 2.45) is 0 Å². The van der Waals surface area contributed by atoms with E-state index in [4.69, 9.17) is 0 Å². The molecule has 0 spiro atoms. The monoisotopic (exact) mass is 300 g/mol. The lowest BCUT2D eigenvalue weighted by atomic mass is 10.1. The van der Waals surface area contributed by atoms with E-state index >= 15 is 0 Å². The summed E-state index contributed by atoms with van der Waals surface area (Å²) in [6, 6.07) is 5.69. The summed E-state index contributed by atoms with van der Waals surface area (Å²) in [5, 5.41) is 12.1. The van der Waals surface area contributed by atoms with E-state index in [-0.39, 0.29) is 0 Å². The first kappa shape index (κ1) is 13.4. The van der Waals surface area contributed by atoms with Crippen LogP contribution in [0.5, 0.6) is 0 Å². The second-order valence-corrected chi connectivity index (χ2v) is 5.57. The molecule has 0 unspecified atom stereocenters. The highest BCUT2D eigenvalue weighted by Gasteiger charge is 2.30. The standard InChI is InChI=1S/C12H11F3N4S/c13-12(14,15)9-3-1-2-8(6-9)7-20-11-16-17-18-19(11)10-4-5-10/h1-3,6,10H,4-5,7H2. The van der Waals surface area contributed by atoms with E-state index in [1.165, 1.54) is 17.8 Å². The lowest BCUT2D eigenvalue weighted by Gasteiger charge is -2.08. The van der Waals surface area contributed by atoms with Gasteiger partial charge >= 0.3 is 6.18 Å². The Labute approximate surface area is 117 Å². The summed E-state index contributed by atoms with van der Waals surface area (Å²) in [5.74, 6) is 0.414. The minimum atomic E-state index is -4.31. The number of aromatic nitrogens is 4. The summed E-state index contributed by atoms with van der Waals surface area (Å²) >= 11 is 1.35. The maximum Gasteiger partial charge on any atom is 0.416 e. The van der Waals surface area contributed by atoms with Gasteiger partial charge in [-0.15, -0.1) is 5.10 Å². The third kappa shape index (κ3) is 2.95. The van der Waals surface area contributed by atoms with Crippen LogP contribution in [0, 0.1) is 0 Å². The van der Waals surface area contributed by atoms with E-state index < -0.39 is 11.7 Å². The zero-order valence-corrected chi connectivity index (χ0v) is 11.2. The van der Waals surface area contributed by atoms with Gasteiger partial charge in [-0.25, -0.2) is 4.68 Å². The molecule has 0 N–H and O–H groups in total. The molecule has 1 aliphatic rings. The molecular formula is C12H11F3N4S. The van der Waals surface area contributed by atoms with Crippen LogP contribution in [0.3, 0.4) is 0 Å². The molecule has 1 aliphatic carbocycles. The first-order chi connectivity index (χ1) is 9.54. The van der Waals surface area contributed by atoms with Crippen LogP contribution in [0.25, 0.3) is 0 Å². The average Bonchev–Trinajstić information content (AvgIpc) is 3.15. The lowest BCUT2D eigenvalue weighted by molar-refractivity contribution is -0.137. The van der Waals surface area contributed by atoms with Crippen LogP contribution >= 0.6 is 11.8 Å². The number of benzene rings is 1. The maximum atomic E-state index is 12.6. The van der Waals surface area contributed by atoms with Gasteiger partial charge in [0.25, 0.3) is 0 Å². The van der Waals surface area contributed by atoms with Gasteiger partial charge in [-0.1, -0.05) is 30.0 Å². The largest absolute Gasteiger partial charge is 0.416 e. The van der Waals surface area contributed by atoms with Gasteiger partial charge < -0.3 is 0 Å². The molecule has 0 aliphatic heterocycles. The van der Waals surface area contributed by atoms with Gasteiger partial charge in [0.15, 0.2) is 0 Å². The molecule has 8 heteroatoms. The van der Waals surface area contributed by atoms with Crippen LogP contribution < -0.4 is 0 Å². The third-order valence-corrected chi connectivity index (χ3v) is 3.98. The van der Waals surface area contributed by atoms with E-state index in [0.29, 0.717) is 22.5 Å². The van der Waals surface area contributed by atoms with E-state index in [2.05, 4.69) is 15.5 Å². The number of hydrogen-bond donors (Lipinski definition) is 0. The van der Waals surface area contributed by atoms with Crippen LogP contribution in [0.15, 0.2) is 29.4 Å². The summed E-state index contributed by atoms with van der Waals surface area (Å²) in [7, 11) is 0. The Morgan fingerprint density at radius 1 is 1.30 bits per heavy atom. The fraction of sp³-hybridized carbons (Fsp3) is 0.417. The Kier molecular flexibility index (Phi) is 3.41. The van der Waals surface area contributed by atoms with Gasteiger partial charge in [0.2, 0.25) is 5.16 Å². The Hall–Kier alpha value is -1.57. The highest BCUT2D eigenvalue weighted by Crippen LogP contribution is 2.37. The molecule has 1 saturated carbocycles. The fourth-order valence-corrected chi connectivity index (χ4v) is 2.70. The first-order valence-electron chi connectivity index (χ1n) is 6.11. The van der Waals surface area contributed by atoms with Gasteiger partial charge in [-0.05, 0) is 34.9 Å². The van der Waals surface area contributed by atoms with Crippen molar-refractivity contribution in [1.29, 1.82) is 0 Å². The normalized spacial score (nSPS) is 15.6. The van der Waals surface area contributed by atoms with Crippen molar-refractivity contribution in [3.05, 3.63) is 35.4 Å². The van der Waals surface area contributed by atoms with Crippen molar-refractivity contribution in [3.8, 4) is 0 Å². The Bertz CT molecular complexity index is 607. The molecule has 1 fully saturated rings. The van der Waals surface area contributed by atoms with E-state index in [9.17, 15) is 13.2 Å². The zero-order chi connectivity index (χ0) is 14.2. The van der Waals surface area contributed by atoms with Crippen LogP contribution in [-0.2, 0) is 11.9 Å². The quantitative estimate of drug-likeness (QED) is 0.812. The highest BCUT2D eigenvalue weighted by atomic mass is 32.2. The van der Waals surface area contributed by atoms with Gasteiger partial charge in [0, 0.05) is 5.75 Å². The smallest absolute Gasteiger partial charge is 0.217 e. The van der Waals surface area contributed by atoms with Gasteiger partial charge in [-0.2, -0.15) is 13.2 Å². The maximum absolute atomic E-state index is 12.6. The Balaban J connectivity index is 1.70. The molecule has 0 amide bonds. The predicted molar refractivity (Wildman–Crippen MR) is 67.1 cm³/mol. The lowest BCUT2D eigenvalue weighted by Crippen LogP contribution is -2.05. The SMILES string of the molecule is FC(F)(F)c1cccc(CSc2nnnn2C2CC2)c1. The molecule has 20 heavy (non-hydrogen) atoms. The molecule has 0 saturated heterocycles. The second kappa shape index (κ2) is 5.08. The van der Waals surface area contributed by atoms with Crippen LogP contribution in [0.1, 0.15) is 30.0 Å². The molecule has 106 valence electrons. The molecule has 2 aromatic rings. The van der Waals surface area contributed by atoms with Crippen molar-refractivity contribution in [2.75, 3.05) is 0 Å². The fourth-order valence-electron chi connectivity index (χ4n) is 1.81. The van der Waals surface area contributed by atoms with Crippen molar-refractivity contribution in [2.45, 2.75) is 36.0 Å². The number of rotatable bonds is 4. The molecule has 1 aromatic heterocycles. The van der Waals surface area contributed by atoms with Crippen molar-refractivity contribution in [3.63, 3.8) is 0 Å².